The van der Waals surface area contributed by atoms with E-state index in [1.54, 1.807) is 0 Å². The van der Waals surface area contributed by atoms with Crippen molar-refractivity contribution in [3.63, 3.8) is 0 Å². The topological polar surface area (TPSA) is 36.4 Å². The number of aliphatic hydroxyl groups is 1. The molecule has 0 spiro atoms. The summed E-state index contributed by atoms with van der Waals surface area (Å²) in [6.45, 7) is 3.26. The number of nitrogens with zero attached hydrogens (tertiary/aromatic N) is 2. The molecule has 3 heteroatoms. The van der Waals surface area contributed by atoms with Crippen molar-refractivity contribution in [2.24, 2.45) is 5.92 Å². The summed E-state index contributed by atoms with van der Waals surface area (Å²) in [5.74, 6) is 0.388. The summed E-state index contributed by atoms with van der Waals surface area (Å²) in [5.41, 5.74) is 2.40. The van der Waals surface area contributed by atoms with E-state index in [2.05, 4.69) is 22.0 Å². The van der Waals surface area contributed by atoms with Crippen LogP contribution in [0.2, 0.25) is 0 Å². The van der Waals surface area contributed by atoms with Gasteiger partial charge in [0.05, 0.1) is 6.10 Å². The summed E-state index contributed by atoms with van der Waals surface area (Å²) >= 11 is 0. The fourth-order valence-electron chi connectivity index (χ4n) is 3.25. The maximum Gasteiger partial charge on any atom is 0.0819 e. The van der Waals surface area contributed by atoms with Crippen molar-refractivity contribution in [2.75, 3.05) is 19.6 Å². The van der Waals surface area contributed by atoms with Gasteiger partial charge in [-0.2, -0.15) is 0 Å². The molecule has 1 unspecified atom stereocenters. The molecule has 2 aromatic rings. The zero-order valence-electron chi connectivity index (χ0n) is 12.9. The third-order valence-electron chi connectivity index (χ3n) is 4.69. The Balaban J connectivity index is 1.46. The number of benzene rings is 1. The fraction of sp³-hybridized carbons (Fsp3) is 0.421. The first kappa shape index (κ1) is 15.2. The highest BCUT2D eigenvalue weighted by Crippen LogP contribution is 2.30. The van der Waals surface area contributed by atoms with Gasteiger partial charge in [0, 0.05) is 18.9 Å². The quantitative estimate of drug-likeness (QED) is 0.921. The lowest BCUT2D eigenvalue weighted by Crippen LogP contribution is -2.36. The van der Waals surface area contributed by atoms with E-state index < -0.39 is 0 Å². The van der Waals surface area contributed by atoms with Crippen molar-refractivity contribution < 1.29 is 5.11 Å². The van der Waals surface area contributed by atoms with Crippen LogP contribution in [0.4, 0.5) is 0 Å². The molecular weight excluding hydrogens is 272 g/mol. The SMILES string of the molecule is OC(c1ccccc1)C1CCN(CCc2ccncc2)CC1. The standard InChI is InChI=1S/C19H24N2O/c22-19(17-4-2-1-3-5-17)18-9-14-21(15-10-18)13-8-16-6-11-20-12-7-16/h1-7,11-12,18-19,22H,8-10,13-15H2. The Morgan fingerprint density at radius 3 is 2.41 bits per heavy atom. The molecule has 0 radical (unpaired) electrons. The molecule has 1 aliphatic rings. The van der Waals surface area contributed by atoms with E-state index in [1.165, 1.54) is 5.56 Å². The number of pyridine rings is 1. The average molecular weight is 296 g/mol. The monoisotopic (exact) mass is 296 g/mol. The summed E-state index contributed by atoms with van der Waals surface area (Å²) in [4.78, 5) is 6.57. The number of likely N-dealkylation sites (tertiary alicyclic amines) is 1. The van der Waals surface area contributed by atoms with Gasteiger partial charge in [-0.15, -0.1) is 0 Å². The molecule has 0 amide bonds. The molecule has 1 atom stereocenters. The van der Waals surface area contributed by atoms with E-state index in [0.29, 0.717) is 5.92 Å². The Morgan fingerprint density at radius 1 is 1.05 bits per heavy atom. The van der Waals surface area contributed by atoms with Gasteiger partial charge in [0.15, 0.2) is 0 Å². The second-order valence-electron chi connectivity index (χ2n) is 6.14. The molecule has 1 N–H and O–H groups in total. The lowest BCUT2D eigenvalue weighted by atomic mass is 9.87. The molecule has 0 bridgehead atoms. The van der Waals surface area contributed by atoms with E-state index in [1.807, 2.05) is 42.7 Å². The van der Waals surface area contributed by atoms with Gasteiger partial charge in [-0.25, -0.2) is 0 Å². The minimum absolute atomic E-state index is 0.316. The van der Waals surface area contributed by atoms with E-state index >= 15 is 0 Å². The third kappa shape index (κ3) is 3.93. The lowest BCUT2D eigenvalue weighted by Gasteiger charge is -2.34. The average Bonchev–Trinajstić information content (AvgIpc) is 2.61. The summed E-state index contributed by atoms with van der Waals surface area (Å²) in [6.07, 6.45) is 6.63. The van der Waals surface area contributed by atoms with Crippen molar-refractivity contribution >= 4 is 0 Å². The number of hydrogen-bond donors (Lipinski definition) is 1. The first-order valence-electron chi connectivity index (χ1n) is 8.17. The van der Waals surface area contributed by atoms with E-state index in [0.717, 1.165) is 44.5 Å². The minimum Gasteiger partial charge on any atom is -0.388 e. The first-order chi connectivity index (χ1) is 10.8. The largest absolute Gasteiger partial charge is 0.388 e. The Labute approximate surface area is 132 Å². The molecule has 1 aliphatic heterocycles. The van der Waals surface area contributed by atoms with Crippen LogP contribution in [0, 0.1) is 5.92 Å². The molecule has 1 saturated heterocycles. The van der Waals surface area contributed by atoms with Crippen molar-refractivity contribution in [2.45, 2.75) is 25.4 Å². The molecule has 1 aromatic carbocycles. The molecule has 1 aromatic heterocycles. The highest BCUT2D eigenvalue weighted by atomic mass is 16.3. The summed E-state index contributed by atoms with van der Waals surface area (Å²) in [7, 11) is 0. The van der Waals surface area contributed by atoms with Crippen molar-refractivity contribution in [3.8, 4) is 0 Å². The van der Waals surface area contributed by atoms with Gasteiger partial charge in [-0.1, -0.05) is 30.3 Å². The van der Waals surface area contributed by atoms with Crippen LogP contribution in [0.15, 0.2) is 54.9 Å². The summed E-state index contributed by atoms with van der Waals surface area (Å²) in [6, 6.07) is 14.2. The Kier molecular flexibility index (Phi) is 5.20. The summed E-state index contributed by atoms with van der Waals surface area (Å²) < 4.78 is 0. The molecule has 22 heavy (non-hydrogen) atoms. The Bertz CT molecular complexity index is 550. The highest BCUT2D eigenvalue weighted by molar-refractivity contribution is 5.18. The molecule has 3 nitrogen and oxygen atoms in total. The van der Waals surface area contributed by atoms with Crippen LogP contribution < -0.4 is 0 Å². The van der Waals surface area contributed by atoms with E-state index in [-0.39, 0.29) is 6.10 Å². The molecule has 116 valence electrons. The van der Waals surface area contributed by atoms with Crippen LogP contribution in [0.25, 0.3) is 0 Å². The molecule has 1 fully saturated rings. The van der Waals surface area contributed by atoms with Crippen molar-refractivity contribution in [1.82, 2.24) is 9.88 Å². The van der Waals surface area contributed by atoms with Crippen molar-refractivity contribution in [3.05, 3.63) is 66.0 Å². The third-order valence-corrected chi connectivity index (χ3v) is 4.69. The molecule has 3 rings (SSSR count). The Hall–Kier alpha value is -1.71. The zero-order valence-corrected chi connectivity index (χ0v) is 12.9. The van der Waals surface area contributed by atoms with Crippen LogP contribution >= 0.6 is 0 Å². The summed E-state index contributed by atoms with van der Waals surface area (Å²) in [5, 5.41) is 10.5. The number of piperidine rings is 1. The van der Waals surface area contributed by atoms with E-state index in [4.69, 9.17) is 0 Å². The van der Waals surface area contributed by atoms with Gasteiger partial charge >= 0.3 is 0 Å². The lowest BCUT2D eigenvalue weighted by molar-refractivity contribution is 0.0592. The predicted molar refractivity (Wildman–Crippen MR) is 88.5 cm³/mol. The zero-order chi connectivity index (χ0) is 15.2. The second kappa shape index (κ2) is 7.52. The normalized spacial score (nSPS) is 18.2. The van der Waals surface area contributed by atoms with Gasteiger partial charge in [-0.3, -0.25) is 4.98 Å². The first-order valence-corrected chi connectivity index (χ1v) is 8.17. The molecule has 0 aliphatic carbocycles. The molecule has 0 saturated carbocycles. The maximum absolute atomic E-state index is 10.5. The van der Waals surface area contributed by atoms with Gasteiger partial charge in [0.1, 0.15) is 0 Å². The van der Waals surface area contributed by atoms with Crippen LogP contribution in [-0.2, 0) is 6.42 Å². The van der Waals surface area contributed by atoms with Gasteiger partial charge in [-0.05, 0) is 61.5 Å². The number of aromatic nitrogens is 1. The number of hydrogen-bond acceptors (Lipinski definition) is 3. The number of rotatable bonds is 5. The predicted octanol–water partition coefficient (Wildman–Crippen LogP) is 3.07. The molecule has 2 heterocycles. The van der Waals surface area contributed by atoms with Gasteiger partial charge < -0.3 is 10.0 Å². The number of aliphatic hydroxyl groups excluding tert-OH is 1. The minimum atomic E-state index is -0.316. The van der Waals surface area contributed by atoms with E-state index in [9.17, 15) is 5.11 Å². The van der Waals surface area contributed by atoms with Crippen LogP contribution in [0.5, 0.6) is 0 Å². The maximum atomic E-state index is 10.5. The fourth-order valence-corrected chi connectivity index (χ4v) is 3.25. The van der Waals surface area contributed by atoms with Crippen molar-refractivity contribution in [1.29, 1.82) is 0 Å². The highest BCUT2D eigenvalue weighted by Gasteiger charge is 2.25. The smallest absolute Gasteiger partial charge is 0.0819 e. The van der Waals surface area contributed by atoms with Crippen LogP contribution in [0.3, 0.4) is 0 Å². The molecular formula is C19H24N2O. The van der Waals surface area contributed by atoms with Gasteiger partial charge in [0.2, 0.25) is 0 Å². The Morgan fingerprint density at radius 2 is 1.73 bits per heavy atom. The van der Waals surface area contributed by atoms with Gasteiger partial charge in [0.25, 0.3) is 0 Å². The second-order valence-corrected chi connectivity index (χ2v) is 6.14. The van der Waals surface area contributed by atoms with Crippen LogP contribution in [0.1, 0.15) is 30.1 Å². The van der Waals surface area contributed by atoms with Crippen LogP contribution in [-0.4, -0.2) is 34.6 Å².